The Hall–Kier alpha value is -5.59. The van der Waals surface area contributed by atoms with Crippen LogP contribution in [0, 0.1) is 30.0 Å². The molecular weight excluding hydrogens is 564 g/mol. The standard InChI is InChI=1S/C31H20F4N6O2/c1-36-25-10-4-23(5-11-25)18-43-26-12-6-21(7-13-26)2-3-22-8-15-29(37-17-22)31(34,35)30(42,19-41-20-38-39-40-41)27-14-9-24(32)16-28(27)33/h4-17,20,42H,18-19H2/t30-/m0/s1. The molecule has 0 aliphatic heterocycles. The van der Waals surface area contributed by atoms with E-state index in [4.69, 9.17) is 11.3 Å². The Bertz CT molecular complexity index is 1810. The smallest absolute Gasteiger partial charge is 0.323 e. The number of benzene rings is 3. The fourth-order valence-corrected chi connectivity index (χ4v) is 4.14. The van der Waals surface area contributed by atoms with Crippen molar-refractivity contribution in [1.82, 2.24) is 25.2 Å². The van der Waals surface area contributed by atoms with Crippen LogP contribution >= 0.6 is 0 Å². The SMILES string of the molecule is [C-]#[N+]c1ccc(COc2ccc(C#Cc3ccc(C(F)(F)[C@](O)(Cn4cnnn4)c4ccc(F)cc4F)nc3)cc2)cc1. The molecule has 5 rings (SSSR count). The molecule has 0 amide bonds. The lowest BCUT2D eigenvalue weighted by Gasteiger charge is -2.35. The van der Waals surface area contributed by atoms with E-state index in [1.807, 2.05) is 12.1 Å². The molecule has 0 aliphatic rings. The number of ether oxygens (including phenoxy) is 1. The molecule has 1 N–H and O–H groups in total. The number of hydrogen-bond donors (Lipinski definition) is 1. The summed E-state index contributed by atoms with van der Waals surface area (Å²) in [5.74, 6) is -0.184. The summed E-state index contributed by atoms with van der Waals surface area (Å²) in [6.07, 6.45) is 2.08. The van der Waals surface area contributed by atoms with Crippen molar-refractivity contribution in [2.24, 2.45) is 0 Å². The number of rotatable bonds is 8. The molecule has 12 heteroatoms. The lowest BCUT2D eigenvalue weighted by Crippen LogP contribution is -2.48. The van der Waals surface area contributed by atoms with E-state index in [2.05, 4.69) is 37.2 Å². The molecule has 0 aliphatic carbocycles. The highest BCUT2D eigenvalue weighted by atomic mass is 19.3. The topological polar surface area (TPSA) is 90.3 Å². The van der Waals surface area contributed by atoms with E-state index >= 15 is 8.78 Å². The zero-order valence-corrected chi connectivity index (χ0v) is 22.1. The fourth-order valence-electron chi connectivity index (χ4n) is 4.14. The van der Waals surface area contributed by atoms with Gasteiger partial charge in [-0.2, -0.15) is 8.78 Å². The highest BCUT2D eigenvalue weighted by molar-refractivity contribution is 5.46. The Morgan fingerprint density at radius 2 is 1.65 bits per heavy atom. The summed E-state index contributed by atoms with van der Waals surface area (Å²) in [6, 6.07) is 18.2. The van der Waals surface area contributed by atoms with Gasteiger partial charge in [-0.15, -0.1) is 5.10 Å². The average Bonchev–Trinajstić information content (AvgIpc) is 3.52. The molecule has 5 aromatic rings. The maximum atomic E-state index is 15.9. The second-order valence-corrected chi connectivity index (χ2v) is 9.34. The lowest BCUT2D eigenvalue weighted by molar-refractivity contribution is -0.207. The van der Waals surface area contributed by atoms with Gasteiger partial charge in [0.1, 0.15) is 36.0 Å². The van der Waals surface area contributed by atoms with Crippen LogP contribution in [0.15, 0.2) is 91.4 Å². The van der Waals surface area contributed by atoms with E-state index in [-0.39, 0.29) is 0 Å². The third-order valence-electron chi connectivity index (χ3n) is 6.44. The van der Waals surface area contributed by atoms with Gasteiger partial charge in [-0.25, -0.2) is 18.3 Å². The monoisotopic (exact) mass is 584 g/mol. The number of nitrogens with zero attached hydrogens (tertiary/aromatic N) is 6. The second kappa shape index (κ2) is 12.1. The maximum absolute atomic E-state index is 15.9. The van der Waals surface area contributed by atoms with Gasteiger partial charge in [0.25, 0.3) is 0 Å². The first-order valence-corrected chi connectivity index (χ1v) is 12.6. The number of pyridine rings is 1. The molecule has 214 valence electrons. The van der Waals surface area contributed by atoms with Crippen LogP contribution in [-0.4, -0.2) is 30.3 Å². The number of tetrazole rings is 1. The highest BCUT2D eigenvalue weighted by Gasteiger charge is 2.58. The Morgan fingerprint density at radius 1 is 0.930 bits per heavy atom. The van der Waals surface area contributed by atoms with E-state index in [0.29, 0.717) is 35.2 Å². The van der Waals surface area contributed by atoms with E-state index in [1.54, 1.807) is 36.4 Å². The third-order valence-corrected chi connectivity index (χ3v) is 6.44. The van der Waals surface area contributed by atoms with E-state index < -0.39 is 41.0 Å². The van der Waals surface area contributed by atoms with Crippen molar-refractivity contribution in [1.29, 1.82) is 0 Å². The van der Waals surface area contributed by atoms with Crippen LogP contribution in [0.2, 0.25) is 0 Å². The summed E-state index contributed by atoms with van der Waals surface area (Å²) >= 11 is 0. The Labute approximate surface area is 243 Å². The molecule has 0 fully saturated rings. The minimum Gasteiger partial charge on any atom is -0.489 e. The number of alkyl halides is 2. The van der Waals surface area contributed by atoms with Gasteiger partial charge in [-0.05, 0) is 64.5 Å². The summed E-state index contributed by atoms with van der Waals surface area (Å²) in [4.78, 5) is 7.15. The van der Waals surface area contributed by atoms with Crippen molar-refractivity contribution < 1.29 is 27.4 Å². The van der Waals surface area contributed by atoms with Crippen LogP contribution in [0.25, 0.3) is 4.85 Å². The highest BCUT2D eigenvalue weighted by Crippen LogP contribution is 2.46. The van der Waals surface area contributed by atoms with Crippen molar-refractivity contribution in [2.45, 2.75) is 24.7 Å². The number of aliphatic hydroxyl groups is 1. The van der Waals surface area contributed by atoms with Gasteiger partial charge >= 0.3 is 5.92 Å². The number of hydrogen-bond acceptors (Lipinski definition) is 6. The quantitative estimate of drug-likeness (QED) is 0.146. The molecule has 2 aromatic heterocycles. The molecule has 3 aromatic carbocycles. The molecular formula is C31H20F4N6O2. The number of halogens is 4. The second-order valence-electron chi connectivity index (χ2n) is 9.34. The van der Waals surface area contributed by atoms with Gasteiger partial charge in [-0.1, -0.05) is 36.1 Å². The molecule has 2 heterocycles. The van der Waals surface area contributed by atoms with Gasteiger partial charge in [0.05, 0.1) is 13.1 Å². The van der Waals surface area contributed by atoms with Gasteiger partial charge in [0, 0.05) is 29.0 Å². The molecule has 0 saturated carbocycles. The lowest BCUT2D eigenvalue weighted by atomic mass is 9.84. The summed E-state index contributed by atoms with van der Waals surface area (Å²) in [6.45, 7) is 6.37. The predicted octanol–water partition coefficient (Wildman–Crippen LogP) is 5.56. The van der Waals surface area contributed by atoms with Gasteiger partial charge in [0.2, 0.25) is 0 Å². The van der Waals surface area contributed by atoms with Gasteiger partial charge < -0.3 is 9.84 Å². The Morgan fingerprint density at radius 3 is 2.28 bits per heavy atom. The Kier molecular flexibility index (Phi) is 8.14. The average molecular weight is 585 g/mol. The normalized spacial score (nSPS) is 12.5. The first kappa shape index (κ1) is 28.9. The molecule has 0 radical (unpaired) electrons. The molecule has 0 saturated heterocycles. The predicted molar refractivity (Wildman–Crippen MR) is 146 cm³/mol. The zero-order chi connectivity index (χ0) is 30.5. The zero-order valence-electron chi connectivity index (χ0n) is 22.1. The van der Waals surface area contributed by atoms with Crippen LogP contribution in [0.5, 0.6) is 5.75 Å². The minimum atomic E-state index is -4.17. The molecule has 0 bridgehead atoms. The molecule has 8 nitrogen and oxygen atoms in total. The molecule has 0 unspecified atom stereocenters. The third kappa shape index (κ3) is 6.35. The largest absolute Gasteiger partial charge is 0.489 e. The number of aromatic nitrogens is 5. The van der Waals surface area contributed by atoms with Crippen LogP contribution in [0.4, 0.5) is 23.2 Å². The first-order chi connectivity index (χ1) is 20.7. The summed E-state index contributed by atoms with van der Waals surface area (Å²) < 4.78 is 66.5. The Balaban J connectivity index is 1.31. The fraction of sp³-hybridized carbons (Fsp3) is 0.129. The van der Waals surface area contributed by atoms with E-state index in [0.717, 1.165) is 41.0 Å². The summed E-state index contributed by atoms with van der Waals surface area (Å²) in [5.41, 5.74) is -2.56. The minimum absolute atomic E-state index is 0.305. The van der Waals surface area contributed by atoms with Gasteiger partial charge in [0.15, 0.2) is 11.3 Å². The molecule has 1 atom stereocenters. The van der Waals surface area contributed by atoms with Crippen molar-refractivity contribution in [3.63, 3.8) is 0 Å². The van der Waals surface area contributed by atoms with Crippen LogP contribution in [0.1, 0.15) is 27.9 Å². The molecule has 43 heavy (non-hydrogen) atoms. The van der Waals surface area contributed by atoms with Crippen molar-refractivity contribution in [3.05, 3.63) is 142 Å². The van der Waals surface area contributed by atoms with Crippen LogP contribution in [0.3, 0.4) is 0 Å². The van der Waals surface area contributed by atoms with Crippen molar-refractivity contribution in [2.75, 3.05) is 0 Å². The summed E-state index contributed by atoms with van der Waals surface area (Å²) in [5, 5.41) is 21.5. The molecule has 0 spiro atoms. The van der Waals surface area contributed by atoms with E-state index in [1.165, 1.54) is 6.07 Å². The van der Waals surface area contributed by atoms with Crippen molar-refractivity contribution in [3.8, 4) is 17.6 Å². The first-order valence-electron chi connectivity index (χ1n) is 12.6. The maximum Gasteiger partial charge on any atom is 0.323 e. The van der Waals surface area contributed by atoms with Crippen molar-refractivity contribution >= 4 is 5.69 Å². The summed E-state index contributed by atoms with van der Waals surface area (Å²) in [7, 11) is 0. The van der Waals surface area contributed by atoms with Crippen LogP contribution in [-0.2, 0) is 24.7 Å². The van der Waals surface area contributed by atoms with Crippen LogP contribution < -0.4 is 4.74 Å². The van der Waals surface area contributed by atoms with E-state index in [9.17, 15) is 13.9 Å². The van der Waals surface area contributed by atoms with Gasteiger partial charge in [-0.3, -0.25) is 4.98 Å².